The van der Waals surface area contributed by atoms with Crippen LogP contribution in [-0.4, -0.2) is 31.9 Å². The van der Waals surface area contributed by atoms with Crippen molar-refractivity contribution in [2.75, 3.05) is 7.11 Å². The third-order valence-electron chi connectivity index (χ3n) is 2.87. The van der Waals surface area contributed by atoms with Crippen molar-refractivity contribution < 1.29 is 14.4 Å². The number of methoxy groups -OCH3 is 1. The number of aromatic nitrogens is 4. The summed E-state index contributed by atoms with van der Waals surface area (Å²) in [6.45, 7) is 0. The predicted octanol–water partition coefficient (Wildman–Crippen LogP) is 1.85. The van der Waals surface area contributed by atoms with Crippen molar-refractivity contribution >= 4 is 0 Å². The second-order valence-electron chi connectivity index (χ2n) is 4.17. The van der Waals surface area contributed by atoms with Crippen molar-refractivity contribution in [3.05, 3.63) is 30.6 Å². The van der Waals surface area contributed by atoms with Crippen molar-refractivity contribution in [3.8, 4) is 34.6 Å². The van der Waals surface area contributed by atoms with Gasteiger partial charge in [-0.05, 0) is 18.2 Å². The third kappa shape index (κ3) is 1.99. The van der Waals surface area contributed by atoms with E-state index in [9.17, 15) is 5.11 Å². The zero-order chi connectivity index (χ0) is 14.1. The van der Waals surface area contributed by atoms with Crippen LogP contribution in [0.4, 0.5) is 0 Å². The molecule has 0 bridgehead atoms. The molecule has 0 aliphatic rings. The minimum absolute atomic E-state index is 0.0155. The van der Waals surface area contributed by atoms with Crippen LogP contribution in [0.25, 0.3) is 23.1 Å². The Hall–Kier alpha value is -2.83. The molecule has 0 atom stereocenters. The monoisotopic (exact) mass is 272 g/mol. The van der Waals surface area contributed by atoms with Gasteiger partial charge in [-0.25, -0.2) is 4.98 Å². The normalized spacial score (nSPS) is 10.7. The fraction of sp³-hybridized carbons (Fsp3) is 0.154. The van der Waals surface area contributed by atoms with Gasteiger partial charge >= 0.3 is 0 Å². The summed E-state index contributed by atoms with van der Waals surface area (Å²) in [4.78, 5) is 8.41. The predicted molar refractivity (Wildman–Crippen MR) is 70.2 cm³/mol. The Bertz CT molecular complexity index is 748. The van der Waals surface area contributed by atoms with Gasteiger partial charge in [-0.2, -0.15) is 4.98 Å². The molecule has 0 amide bonds. The van der Waals surface area contributed by atoms with Crippen LogP contribution in [0.3, 0.4) is 0 Å². The van der Waals surface area contributed by atoms with Crippen molar-refractivity contribution in [2.45, 2.75) is 0 Å². The smallest absolute Gasteiger partial charge is 0.258 e. The second kappa shape index (κ2) is 4.69. The zero-order valence-electron chi connectivity index (χ0n) is 10.9. The summed E-state index contributed by atoms with van der Waals surface area (Å²) in [5, 5.41) is 13.6. The minimum atomic E-state index is 0.0155. The molecule has 20 heavy (non-hydrogen) atoms. The summed E-state index contributed by atoms with van der Waals surface area (Å²) in [5.41, 5.74) is 0.608. The van der Waals surface area contributed by atoms with Crippen LogP contribution in [0.1, 0.15) is 0 Å². The Balaban J connectivity index is 1.98. The summed E-state index contributed by atoms with van der Waals surface area (Å²) < 4.78 is 12.0. The summed E-state index contributed by atoms with van der Waals surface area (Å²) in [7, 11) is 3.33. The molecule has 1 N–H and O–H groups in total. The number of ether oxygens (including phenoxy) is 1. The number of rotatable bonds is 3. The van der Waals surface area contributed by atoms with Crippen LogP contribution in [0.15, 0.2) is 35.1 Å². The van der Waals surface area contributed by atoms with Gasteiger partial charge in [0.25, 0.3) is 5.89 Å². The fourth-order valence-corrected chi connectivity index (χ4v) is 1.84. The Morgan fingerprint density at radius 1 is 1.35 bits per heavy atom. The van der Waals surface area contributed by atoms with Crippen LogP contribution in [0.2, 0.25) is 0 Å². The average Bonchev–Trinajstić information content (AvgIpc) is 3.07. The Labute approximate surface area is 114 Å². The van der Waals surface area contributed by atoms with Gasteiger partial charge in [0.15, 0.2) is 17.3 Å². The first-order valence-electron chi connectivity index (χ1n) is 5.88. The van der Waals surface area contributed by atoms with Gasteiger partial charge in [0.2, 0.25) is 5.82 Å². The molecule has 102 valence electrons. The number of phenols is 1. The summed E-state index contributed by atoms with van der Waals surface area (Å²) in [5.74, 6) is 1.71. The van der Waals surface area contributed by atoms with Gasteiger partial charge in [-0.1, -0.05) is 5.16 Å². The zero-order valence-corrected chi connectivity index (χ0v) is 10.9. The lowest BCUT2D eigenvalue weighted by molar-refractivity contribution is 0.373. The number of phenolic OH excluding ortho intramolecular Hbond substituents is 1. The SMILES string of the molecule is COc1ccc(-c2nc(-c3nccn3C)no2)cc1O. The van der Waals surface area contributed by atoms with Crippen LogP contribution in [0.5, 0.6) is 11.5 Å². The van der Waals surface area contributed by atoms with E-state index in [2.05, 4.69) is 15.1 Å². The summed E-state index contributed by atoms with van der Waals surface area (Å²) in [6, 6.07) is 4.87. The maximum atomic E-state index is 9.76. The molecule has 0 spiro atoms. The van der Waals surface area contributed by atoms with E-state index < -0.39 is 0 Å². The number of hydrogen-bond acceptors (Lipinski definition) is 6. The molecule has 0 fully saturated rings. The van der Waals surface area contributed by atoms with Gasteiger partial charge in [-0.15, -0.1) is 0 Å². The molecule has 7 nitrogen and oxygen atoms in total. The lowest BCUT2D eigenvalue weighted by Gasteiger charge is -2.03. The molecule has 0 aliphatic heterocycles. The lowest BCUT2D eigenvalue weighted by Crippen LogP contribution is -1.92. The van der Waals surface area contributed by atoms with Gasteiger partial charge in [0.1, 0.15) is 0 Å². The van der Waals surface area contributed by atoms with Crippen LogP contribution < -0.4 is 4.74 Å². The van der Waals surface area contributed by atoms with Crippen molar-refractivity contribution in [1.82, 2.24) is 19.7 Å². The molecule has 0 unspecified atom stereocenters. The standard InChI is InChI=1S/C13H12N4O3/c1-17-6-5-14-12(17)11-15-13(20-16-11)8-3-4-10(19-2)9(18)7-8/h3-7,18H,1-2H3. The Kier molecular flexibility index (Phi) is 2.86. The molecule has 3 rings (SSSR count). The topological polar surface area (TPSA) is 86.2 Å². The van der Waals surface area contributed by atoms with Gasteiger partial charge in [0.05, 0.1) is 7.11 Å². The number of aryl methyl sites for hydroxylation is 1. The van der Waals surface area contributed by atoms with E-state index in [1.165, 1.54) is 13.2 Å². The molecule has 3 aromatic rings. The first-order chi connectivity index (χ1) is 9.69. The Morgan fingerprint density at radius 3 is 2.85 bits per heavy atom. The average molecular weight is 272 g/mol. The quantitative estimate of drug-likeness (QED) is 0.783. The van der Waals surface area contributed by atoms with Crippen LogP contribution in [-0.2, 0) is 7.05 Å². The maximum Gasteiger partial charge on any atom is 0.258 e. The molecule has 0 saturated heterocycles. The van der Waals surface area contributed by atoms with E-state index in [1.807, 2.05) is 7.05 Å². The molecule has 0 aliphatic carbocycles. The molecule has 2 heterocycles. The number of imidazole rings is 1. The first kappa shape index (κ1) is 12.2. The van der Waals surface area contributed by atoms with E-state index in [1.54, 1.807) is 29.1 Å². The van der Waals surface area contributed by atoms with Gasteiger partial charge in [-0.3, -0.25) is 0 Å². The highest BCUT2D eigenvalue weighted by molar-refractivity contribution is 5.61. The van der Waals surface area contributed by atoms with Crippen LogP contribution in [0, 0.1) is 0 Å². The second-order valence-corrected chi connectivity index (χ2v) is 4.17. The third-order valence-corrected chi connectivity index (χ3v) is 2.87. The van der Waals surface area contributed by atoms with Crippen molar-refractivity contribution in [2.24, 2.45) is 7.05 Å². The lowest BCUT2D eigenvalue weighted by atomic mass is 10.2. The number of aromatic hydroxyl groups is 1. The van der Waals surface area contributed by atoms with E-state index >= 15 is 0 Å². The van der Waals surface area contributed by atoms with Crippen molar-refractivity contribution in [1.29, 1.82) is 0 Å². The molecule has 1 aromatic carbocycles. The first-order valence-corrected chi connectivity index (χ1v) is 5.88. The summed E-state index contributed by atoms with van der Waals surface area (Å²) in [6.07, 6.45) is 3.45. The summed E-state index contributed by atoms with van der Waals surface area (Å²) >= 11 is 0. The van der Waals surface area contributed by atoms with Crippen LogP contribution >= 0.6 is 0 Å². The number of hydrogen-bond donors (Lipinski definition) is 1. The number of benzene rings is 1. The highest BCUT2D eigenvalue weighted by Gasteiger charge is 2.15. The van der Waals surface area contributed by atoms with E-state index in [0.29, 0.717) is 28.9 Å². The number of nitrogens with zero attached hydrogens (tertiary/aromatic N) is 4. The van der Waals surface area contributed by atoms with E-state index in [-0.39, 0.29) is 5.75 Å². The highest BCUT2D eigenvalue weighted by atomic mass is 16.5. The molecular formula is C13H12N4O3. The van der Waals surface area contributed by atoms with Gasteiger partial charge in [0, 0.05) is 25.0 Å². The minimum Gasteiger partial charge on any atom is -0.504 e. The molecule has 0 radical (unpaired) electrons. The molecule has 0 saturated carbocycles. The van der Waals surface area contributed by atoms with Crippen molar-refractivity contribution in [3.63, 3.8) is 0 Å². The van der Waals surface area contributed by atoms with Gasteiger partial charge < -0.3 is 18.9 Å². The largest absolute Gasteiger partial charge is 0.504 e. The van der Waals surface area contributed by atoms with E-state index in [4.69, 9.17) is 9.26 Å². The highest BCUT2D eigenvalue weighted by Crippen LogP contribution is 2.31. The molecule has 2 aromatic heterocycles. The fourth-order valence-electron chi connectivity index (χ4n) is 1.84. The molecule has 7 heteroatoms. The van der Waals surface area contributed by atoms with E-state index in [0.717, 1.165) is 0 Å². The Morgan fingerprint density at radius 2 is 2.20 bits per heavy atom. The molecular weight excluding hydrogens is 260 g/mol. The maximum absolute atomic E-state index is 9.76.